The van der Waals surface area contributed by atoms with Crippen molar-refractivity contribution in [3.05, 3.63) is 52.0 Å². The van der Waals surface area contributed by atoms with E-state index in [-0.39, 0.29) is 0 Å². The van der Waals surface area contributed by atoms with Crippen molar-refractivity contribution in [2.45, 2.75) is 24.7 Å². The van der Waals surface area contributed by atoms with Crippen LogP contribution in [-0.4, -0.2) is 15.9 Å². The Morgan fingerprint density at radius 2 is 2.29 bits per heavy atom. The van der Waals surface area contributed by atoms with E-state index in [2.05, 4.69) is 61.9 Å². The van der Waals surface area contributed by atoms with E-state index in [0.29, 0.717) is 6.04 Å². The standard InChI is InChI=1S/C16H16BrN3S/c1-11-12-6-9-21-14(12)5-8-19(11)16-13(10-17)20-7-3-2-4-15(20)18-16/h2-4,6-7,9,11H,5,8,10H2,1H3. The normalized spacial score (nSPS) is 18.2. The molecular formula is C16H16BrN3S. The average molecular weight is 362 g/mol. The number of alkyl halides is 1. The van der Waals surface area contributed by atoms with E-state index < -0.39 is 0 Å². The second-order valence-corrected chi connectivity index (χ2v) is 6.92. The van der Waals surface area contributed by atoms with E-state index in [1.165, 1.54) is 16.1 Å². The van der Waals surface area contributed by atoms with Gasteiger partial charge in [-0.25, -0.2) is 4.98 Å². The van der Waals surface area contributed by atoms with Crippen LogP contribution in [0, 0.1) is 0 Å². The van der Waals surface area contributed by atoms with Crippen molar-refractivity contribution >= 4 is 38.7 Å². The van der Waals surface area contributed by atoms with Crippen LogP contribution in [0.3, 0.4) is 0 Å². The summed E-state index contributed by atoms with van der Waals surface area (Å²) >= 11 is 5.51. The van der Waals surface area contributed by atoms with E-state index in [9.17, 15) is 0 Å². The van der Waals surface area contributed by atoms with Crippen LogP contribution < -0.4 is 4.90 Å². The minimum Gasteiger partial charge on any atom is -0.348 e. The smallest absolute Gasteiger partial charge is 0.152 e. The molecule has 0 saturated heterocycles. The molecule has 3 aromatic heterocycles. The van der Waals surface area contributed by atoms with E-state index in [4.69, 9.17) is 4.98 Å². The molecule has 0 aromatic carbocycles. The molecular weight excluding hydrogens is 346 g/mol. The Kier molecular flexibility index (Phi) is 3.27. The Hall–Kier alpha value is -1.33. The largest absolute Gasteiger partial charge is 0.348 e. The van der Waals surface area contributed by atoms with Gasteiger partial charge in [0.05, 0.1) is 11.7 Å². The summed E-state index contributed by atoms with van der Waals surface area (Å²) in [7, 11) is 0. The van der Waals surface area contributed by atoms with Gasteiger partial charge in [0.2, 0.25) is 0 Å². The summed E-state index contributed by atoms with van der Waals surface area (Å²) in [5.74, 6) is 1.11. The van der Waals surface area contributed by atoms with Gasteiger partial charge in [0.1, 0.15) is 5.65 Å². The molecule has 0 saturated carbocycles. The molecule has 3 nitrogen and oxygen atoms in total. The predicted molar refractivity (Wildman–Crippen MR) is 91.6 cm³/mol. The highest BCUT2D eigenvalue weighted by atomic mass is 79.9. The number of fused-ring (bicyclic) bond motifs is 2. The zero-order valence-corrected chi connectivity index (χ0v) is 14.2. The average Bonchev–Trinajstić information content (AvgIpc) is 3.11. The molecule has 0 amide bonds. The Bertz CT molecular complexity index is 792. The van der Waals surface area contributed by atoms with Gasteiger partial charge in [0.15, 0.2) is 5.82 Å². The molecule has 108 valence electrons. The zero-order valence-electron chi connectivity index (χ0n) is 11.8. The van der Waals surface area contributed by atoms with Gasteiger partial charge in [-0.3, -0.25) is 0 Å². The van der Waals surface area contributed by atoms with E-state index in [0.717, 1.165) is 29.8 Å². The number of nitrogens with zero attached hydrogens (tertiary/aromatic N) is 3. The summed E-state index contributed by atoms with van der Waals surface area (Å²) < 4.78 is 2.18. The van der Waals surface area contributed by atoms with E-state index in [1.54, 1.807) is 0 Å². The predicted octanol–water partition coefficient (Wildman–Crippen LogP) is 4.41. The fraction of sp³-hybridized carbons (Fsp3) is 0.312. The minimum atomic E-state index is 0.391. The summed E-state index contributed by atoms with van der Waals surface area (Å²) in [4.78, 5) is 8.85. The van der Waals surface area contributed by atoms with Crippen LogP contribution >= 0.6 is 27.3 Å². The number of hydrogen-bond donors (Lipinski definition) is 0. The molecule has 1 atom stereocenters. The summed E-state index contributed by atoms with van der Waals surface area (Å²) in [5, 5.41) is 3.02. The van der Waals surface area contributed by atoms with Crippen LogP contribution in [0.4, 0.5) is 5.82 Å². The molecule has 0 radical (unpaired) electrons. The van der Waals surface area contributed by atoms with Crippen molar-refractivity contribution < 1.29 is 0 Å². The molecule has 0 spiro atoms. The first-order valence-electron chi connectivity index (χ1n) is 7.14. The lowest BCUT2D eigenvalue weighted by Crippen LogP contribution is -2.34. The number of aromatic nitrogens is 2. The van der Waals surface area contributed by atoms with Crippen LogP contribution in [0.15, 0.2) is 35.8 Å². The van der Waals surface area contributed by atoms with Crippen LogP contribution in [0.25, 0.3) is 5.65 Å². The third-order valence-corrected chi connectivity index (χ3v) is 5.81. The molecule has 5 heteroatoms. The van der Waals surface area contributed by atoms with Gasteiger partial charge in [-0.1, -0.05) is 22.0 Å². The van der Waals surface area contributed by atoms with Crippen molar-refractivity contribution in [1.82, 2.24) is 9.38 Å². The Labute approximate surface area is 136 Å². The fourth-order valence-corrected chi connectivity index (χ4v) is 4.67. The number of halogens is 1. The van der Waals surface area contributed by atoms with Gasteiger partial charge in [0.25, 0.3) is 0 Å². The first kappa shape index (κ1) is 13.3. The molecule has 3 aromatic rings. The number of rotatable bonds is 2. The lowest BCUT2D eigenvalue weighted by Gasteiger charge is -2.34. The zero-order chi connectivity index (χ0) is 14.4. The van der Waals surface area contributed by atoms with Gasteiger partial charge in [-0.15, -0.1) is 11.3 Å². The van der Waals surface area contributed by atoms with Crippen LogP contribution in [0.1, 0.15) is 29.1 Å². The van der Waals surface area contributed by atoms with Crippen molar-refractivity contribution in [3.63, 3.8) is 0 Å². The third kappa shape index (κ3) is 2.02. The van der Waals surface area contributed by atoms with Crippen molar-refractivity contribution in [3.8, 4) is 0 Å². The number of pyridine rings is 1. The summed E-state index contributed by atoms with van der Waals surface area (Å²) in [6.45, 7) is 3.32. The van der Waals surface area contributed by atoms with Crippen LogP contribution in [0.2, 0.25) is 0 Å². The maximum atomic E-state index is 4.88. The first-order valence-corrected chi connectivity index (χ1v) is 9.14. The molecule has 1 unspecified atom stereocenters. The molecule has 4 heterocycles. The highest BCUT2D eigenvalue weighted by Crippen LogP contribution is 2.37. The maximum Gasteiger partial charge on any atom is 0.152 e. The Morgan fingerprint density at radius 3 is 3.14 bits per heavy atom. The maximum absolute atomic E-state index is 4.88. The fourth-order valence-electron chi connectivity index (χ4n) is 3.19. The molecule has 0 aliphatic carbocycles. The minimum absolute atomic E-state index is 0.391. The van der Waals surface area contributed by atoms with Crippen molar-refractivity contribution in [2.24, 2.45) is 0 Å². The van der Waals surface area contributed by atoms with Crippen LogP contribution in [0.5, 0.6) is 0 Å². The first-order chi connectivity index (χ1) is 10.3. The molecule has 1 aliphatic heterocycles. The van der Waals surface area contributed by atoms with Gasteiger partial charge >= 0.3 is 0 Å². The summed E-state index contributed by atoms with van der Waals surface area (Å²) in [5.41, 5.74) is 3.71. The lowest BCUT2D eigenvalue weighted by molar-refractivity contribution is 0.624. The quantitative estimate of drug-likeness (QED) is 0.630. The second-order valence-electron chi connectivity index (χ2n) is 5.36. The van der Waals surface area contributed by atoms with Gasteiger partial charge in [0, 0.05) is 22.9 Å². The van der Waals surface area contributed by atoms with Crippen LogP contribution in [-0.2, 0) is 11.8 Å². The topological polar surface area (TPSA) is 20.5 Å². The summed E-state index contributed by atoms with van der Waals surface area (Å²) in [6, 6.07) is 8.82. The third-order valence-electron chi connectivity index (χ3n) is 4.28. The number of anilines is 1. The van der Waals surface area contributed by atoms with Crippen molar-refractivity contribution in [2.75, 3.05) is 11.4 Å². The molecule has 21 heavy (non-hydrogen) atoms. The van der Waals surface area contributed by atoms with Gasteiger partial charge in [-0.2, -0.15) is 0 Å². The molecule has 0 fully saturated rings. The Balaban J connectivity index is 1.84. The number of imidazole rings is 1. The van der Waals surface area contributed by atoms with Gasteiger partial charge in [-0.05, 0) is 42.5 Å². The molecule has 0 N–H and O–H groups in total. The number of thiophene rings is 1. The highest BCUT2D eigenvalue weighted by molar-refractivity contribution is 9.08. The highest BCUT2D eigenvalue weighted by Gasteiger charge is 2.28. The molecule has 1 aliphatic rings. The second kappa shape index (κ2) is 5.14. The van der Waals surface area contributed by atoms with Crippen molar-refractivity contribution in [1.29, 1.82) is 0 Å². The SMILES string of the molecule is CC1c2ccsc2CCN1c1nc2ccccn2c1CBr. The van der Waals surface area contributed by atoms with Gasteiger partial charge < -0.3 is 9.30 Å². The monoisotopic (exact) mass is 361 g/mol. The van der Waals surface area contributed by atoms with E-state index in [1.807, 2.05) is 17.4 Å². The molecule has 4 rings (SSSR count). The molecule has 0 bridgehead atoms. The summed E-state index contributed by atoms with van der Waals surface area (Å²) in [6.07, 6.45) is 3.21. The lowest BCUT2D eigenvalue weighted by atomic mass is 10.0. The number of hydrogen-bond acceptors (Lipinski definition) is 3. The Morgan fingerprint density at radius 1 is 1.38 bits per heavy atom. The van der Waals surface area contributed by atoms with E-state index >= 15 is 0 Å².